The van der Waals surface area contributed by atoms with E-state index in [4.69, 9.17) is 9.15 Å². The summed E-state index contributed by atoms with van der Waals surface area (Å²) in [6.07, 6.45) is -1.20. The van der Waals surface area contributed by atoms with Crippen molar-refractivity contribution in [3.05, 3.63) is 99.7 Å². The second-order valence-electron chi connectivity index (χ2n) is 9.52. The van der Waals surface area contributed by atoms with Crippen LogP contribution >= 0.6 is 0 Å². The van der Waals surface area contributed by atoms with E-state index in [0.29, 0.717) is 0 Å². The van der Waals surface area contributed by atoms with Gasteiger partial charge < -0.3 is 29.8 Å². The molecule has 0 spiro atoms. The summed E-state index contributed by atoms with van der Waals surface area (Å²) < 4.78 is 11.1. The third-order valence-corrected chi connectivity index (χ3v) is 7.00. The maximum absolute atomic E-state index is 12.7. The minimum Gasteiger partial charge on any atom is -0.508 e. The van der Waals surface area contributed by atoms with E-state index in [1.54, 1.807) is 0 Å². The normalized spacial score (nSPS) is 13.1. The molecule has 3 aromatic carbocycles. The van der Waals surface area contributed by atoms with Gasteiger partial charge in [-0.25, -0.2) is 14.6 Å². The Balaban J connectivity index is 1.20. The third kappa shape index (κ3) is 4.45. The molecule has 4 N–H and O–H groups in total. The highest BCUT2D eigenvalue weighted by atomic mass is 16.5. The van der Waals surface area contributed by atoms with Crippen LogP contribution in [-0.4, -0.2) is 45.0 Å². The smallest absolute Gasteiger partial charge is 0.407 e. The molecule has 1 amide bonds. The van der Waals surface area contributed by atoms with Crippen molar-refractivity contribution in [1.29, 1.82) is 0 Å². The Kier molecular flexibility index (Phi) is 6.07. The summed E-state index contributed by atoms with van der Waals surface area (Å²) in [5.74, 6) is -2.15. The van der Waals surface area contributed by atoms with Crippen LogP contribution in [0, 0.1) is 0 Å². The molecule has 0 saturated heterocycles. The van der Waals surface area contributed by atoms with Crippen LogP contribution in [0.5, 0.6) is 11.5 Å². The fourth-order valence-electron chi connectivity index (χ4n) is 5.13. The molecular formula is C30H22N2O8. The van der Waals surface area contributed by atoms with E-state index in [-0.39, 0.29) is 58.6 Å². The van der Waals surface area contributed by atoms with Gasteiger partial charge in [0.05, 0.1) is 0 Å². The van der Waals surface area contributed by atoms with Crippen LogP contribution in [0.4, 0.5) is 4.79 Å². The number of nitrogens with zero attached hydrogens (tertiary/aromatic N) is 1. The fraction of sp³-hybridized carbons (Fsp3) is 0.133. The number of amides is 1. The average Bonchev–Trinajstić information content (AvgIpc) is 3.24. The number of carboxylic acid groups (broad SMARTS) is 1. The Hall–Kier alpha value is -5.38. The van der Waals surface area contributed by atoms with E-state index in [9.17, 15) is 29.7 Å². The Morgan fingerprint density at radius 1 is 0.950 bits per heavy atom. The largest absolute Gasteiger partial charge is 0.508 e. The van der Waals surface area contributed by atoms with Crippen LogP contribution in [0.15, 0.2) is 82.0 Å². The number of carbonyl (C=O) groups is 2. The first-order valence-electron chi connectivity index (χ1n) is 12.4. The summed E-state index contributed by atoms with van der Waals surface area (Å²) in [5, 5.41) is 32.8. The second-order valence-corrected chi connectivity index (χ2v) is 9.52. The van der Waals surface area contributed by atoms with Gasteiger partial charge in [0, 0.05) is 30.5 Å². The molecule has 10 heteroatoms. The molecule has 0 saturated carbocycles. The monoisotopic (exact) mass is 538 g/mol. The summed E-state index contributed by atoms with van der Waals surface area (Å²) in [6, 6.07) is 19.1. The number of benzene rings is 4. The number of phenols is 2. The zero-order valence-corrected chi connectivity index (χ0v) is 20.8. The highest BCUT2D eigenvalue weighted by molar-refractivity contribution is 5.83. The van der Waals surface area contributed by atoms with Crippen molar-refractivity contribution in [2.24, 2.45) is 0 Å². The van der Waals surface area contributed by atoms with Crippen LogP contribution in [0.3, 0.4) is 0 Å². The van der Waals surface area contributed by atoms with Gasteiger partial charge in [-0.3, -0.25) is 4.79 Å². The molecule has 0 unspecified atom stereocenters. The fourth-order valence-corrected chi connectivity index (χ4v) is 5.13. The van der Waals surface area contributed by atoms with Gasteiger partial charge in [0.1, 0.15) is 35.4 Å². The SMILES string of the molecule is O=C(N[C@@H](Cc1cc2nc3c(O)cc(=O)cc-3oc2cc1O)C(=O)O)OCC1c2ccccc2-c2ccccc21. The number of nitrogens with one attached hydrogen (secondary N) is 1. The van der Waals surface area contributed by atoms with Gasteiger partial charge in [-0.05, 0) is 33.9 Å². The number of aromatic hydroxyl groups is 2. The summed E-state index contributed by atoms with van der Waals surface area (Å²) in [4.78, 5) is 40.7. The average molecular weight is 539 g/mol. The standard InChI is InChI=1S/C30H22N2O8/c33-16-11-25(35)28-27(12-16)40-26-13-24(34)15(9-22(26)31-28)10-23(29(36)37)32-30(38)39-14-21-19-7-3-1-5-17(19)18-6-2-4-8-20(18)21/h1-9,11-13,21,23,34-35H,10,14H2,(H,32,38)(H,36,37)/t23-/m0/s1. The molecule has 0 bridgehead atoms. The number of hydrogen-bond donors (Lipinski definition) is 4. The molecular weight excluding hydrogens is 516 g/mol. The molecule has 200 valence electrons. The second kappa shape index (κ2) is 9.73. The molecule has 10 nitrogen and oxygen atoms in total. The number of ether oxygens (including phenoxy) is 1. The summed E-state index contributed by atoms with van der Waals surface area (Å²) >= 11 is 0. The van der Waals surface area contributed by atoms with Gasteiger partial charge in [0.25, 0.3) is 0 Å². The Bertz CT molecular complexity index is 1780. The maximum atomic E-state index is 12.7. The lowest BCUT2D eigenvalue weighted by Gasteiger charge is -2.18. The van der Waals surface area contributed by atoms with Gasteiger partial charge in [-0.2, -0.15) is 0 Å². The van der Waals surface area contributed by atoms with Gasteiger partial charge in [0.15, 0.2) is 16.8 Å². The van der Waals surface area contributed by atoms with E-state index < -0.39 is 23.5 Å². The van der Waals surface area contributed by atoms with Crippen LogP contribution in [0.2, 0.25) is 0 Å². The van der Waals surface area contributed by atoms with Crippen molar-refractivity contribution in [2.75, 3.05) is 6.61 Å². The van der Waals surface area contributed by atoms with Crippen molar-refractivity contribution in [1.82, 2.24) is 10.3 Å². The molecule has 3 aromatic rings. The van der Waals surface area contributed by atoms with Crippen molar-refractivity contribution >= 4 is 23.2 Å². The first kappa shape index (κ1) is 24.9. The highest BCUT2D eigenvalue weighted by Crippen LogP contribution is 2.44. The van der Waals surface area contributed by atoms with Crippen molar-refractivity contribution < 1.29 is 34.1 Å². The van der Waals surface area contributed by atoms with Gasteiger partial charge in [-0.1, -0.05) is 48.5 Å². The number of fused-ring (bicyclic) bond motifs is 5. The van der Waals surface area contributed by atoms with E-state index in [1.807, 2.05) is 48.5 Å². The lowest BCUT2D eigenvalue weighted by Crippen LogP contribution is -2.42. The molecule has 1 aliphatic heterocycles. The zero-order chi connectivity index (χ0) is 28.0. The van der Waals surface area contributed by atoms with E-state index in [0.717, 1.165) is 34.4 Å². The lowest BCUT2D eigenvalue weighted by atomic mass is 9.98. The number of carbonyl (C=O) groups excluding carboxylic acids is 1. The Morgan fingerprint density at radius 2 is 1.62 bits per heavy atom. The molecule has 0 fully saturated rings. The van der Waals surface area contributed by atoms with Crippen LogP contribution in [-0.2, 0) is 16.0 Å². The van der Waals surface area contributed by atoms with Crippen LogP contribution in [0.25, 0.3) is 33.7 Å². The van der Waals surface area contributed by atoms with E-state index >= 15 is 0 Å². The molecule has 1 atom stereocenters. The minimum atomic E-state index is -1.42. The number of alkyl carbamates (subject to hydrolysis) is 1. The Morgan fingerprint density at radius 3 is 2.30 bits per heavy atom. The van der Waals surface area contributed by atoms with Crippen LogP contribution < -0.4 is 10.7 Å². The molecule has 6 rings (SSSR count). The third-order valence-electron chi connectivity index (χ3n) is 7.00. The minimum absolute atomic E-state index is 0.0144. The first-order chi connectivity index (χ1) is 19.3. The molecule has 0 radical (unpaired) electrons. The molecule has 2 aliphatic carbocycles. The van der Waals surface area contributed by atoms with Gasteiger partial charge in [0.2, 0.25) is 0 Å². The Labute approximate surface area is 226 Å². The maximum Gasteiger partial charge on any atom is 0.407 e. The number of aromatic nitrogens is 1. The van der Waals surface area contributed by atoms with Crippen molar-refractivity contribution in [3.63, 3.8) is 0 Å². The zero-order valence-electron chi connectivity index (χ0n) is 20.8. The van der Waals surface area contributed by atoms with Crippen molar-refractivity contribution in [2.45, 2.75) is 18.4 Å². The highest BCUT2D eigenvalue weighted by Gasteiger charge is 2.30. The van der Waals surface area contributed by atoms with Gasteiger partial charge in [-0.15, -0.1) is 0 Å². The van der Waals surface area contributed by atoms with E-state index in [1.165, 1.54) is 12.1 Å². The quantitative estimate of drug-likeness (QED) is 0.232. The molecule has 3 aliphatic rings. The topological polar surface area (TPSA) is 159 Å². The summed E-state index contributed by atoms with van der Waals surface area (Å²) in [6.45, 7) is 0.0144. The summed E-state index contributed by atoms with van der Waals surface area (Å²) in [5.41, 5.74) is 4.24. The number of aliphatic carboxylic acids is 1. The first-order valence-corrected chi connectivity index (χ1v) is 12.4. The number of phenolic OH excluding ortho intramolecular Hbond substituents is 2. The lowest BCUT2D eigenvalue weighted by molar-refractivity contribution is -0.139. The number of rotatable bonds is 6. The molecule has 40 heavy (non-hydrogen) atoms. The van der Waals surface area contributed by atoms with Gasteiger partial charge >= 0.3 is 12.1 Å². The summed E-state index contributed by atoms with van der Waals surface area (Å²) in [7, 11) is 0. The predicted octanol–water partition coefficient (Wildman–Crippen LogP) is 4.24. The molecule has 1 heterocycles. The number of hydrogen-bond acceptors (Lipinski definition) is 8. The van der Waals surface area contributed by atoms with E-state index in [2.05, 4.69) is 10.3 Å². The van der Waals surface area contributed by atoms with Crippen LogP contribution in [0.1, 0.15) is 22.6 Å². The number of carboxylic acids is 1. The predicted molar refractivity (Wildman–Crippen MR) is 144 cm³/mol. The molecule has 0 aromatic heterocycles. The van der Waals surface area contributed by atoms with Crippen molar-refractivity contribution in [3.8, 4) is 34.1 Å².